The first-order chi connectivity index (χ1) is 14.6. The van der Waals surface area contributed by atoms with Crippen LogP contribution >= 0.6 is 0 Å². The summed E-state index contributed by atoms with van der Waals surface area (Å²) in [6.45, 7) is 0. The van der Waals surface area contributed by atoms with E-state index >= 15 is 0 Å². The van der Waals surface area contributed by atoms with Gasteiger partial charge in [-0.25, -0.2) is 4.79 Å². The van der Waals surface area contributed by atoms with Crippen LogP contribution in [-0.2, 0) is 16.6 Å². The van der Waals surface area contributed by atoms with Crippen molar-refractivity contribution >= 4 is 39.8 Å². The SMILES string of the molecule is O=C(O)c1ccc(C=Cc2ccc(S(=O)Cc3ccc4ccccc4n3)cc2)cc1. The van der Waals surface area contributed by atoms with Crippen molar-refractivity contribution < 1.29 is 14.1 Å². The molecule has 3 aromatic carbocycles. The molecular formula is C25H19NO3S. The predicted molar refractivity (Wildman–Crippen MR) is 121 cm³/mol. The zero-order valence-corrected chi connectivity index (χ0v) is 16.9. The number of nitrogens with zero attached hydrogens (tertiary/aromatic N) is 1. The van der Waals surface area contributed by atoms with Crippen molar-refractivity contribution in [2.24, 2.45) is 0 Å². The molecule has 1 aromatic heterocycles. The Morgan fingerprint density at radius 1 is 0.833 bits per heavy atom. The van der Waals surface area contributed by atoms with Gasteiger partial charge in [0.05, 0.1) is 33.3 Å². The largest absolute Gasteiger partial charge is 0.478 e. The van der Waals surface area contributed by atoms with E-state index in [1.807, 2.05) is 72.8 Å². The van der Waals surface area contributed by atoms with Gasteiger partial charge < -0.3 is 5.11 Å². The molecule has 0 saturated carbocycles. The van der Waals surface area contributed by atoms with Crippen LogP contribution in [0.15, 0.2) is 89.8 Å². The molecule has 0 fully saturated rings. The molecule has 1 heterocycles. The van der Waals surface area contributed by atoms with Crippen LogP contribution < -0.4 is 0 Å². The summed E-state index contributed by atoms with van der Waals surface area (Å²) < 4.78 is 12.7. The van der Waals surface area contributed by atoms with Gasteiger partial charge in [0.15, 0.2) is 0 Å². The fourth-order valence-electron chi connectivity index (χ4n) is 3.07. The van der Waals surface area contributed by atoms with Gasteiger partial charge in [-0.3, -0.25) is 9.19 Å². The molecular weight excluding hydrogens is 394 g/mol. The molecule has 0 aliphatic carbocycles. The third-order valence-electron chi connectivity index (χ3n) is 4.70. The van der Waals surface area contributed by atoms with Crippen LogP contribution in [0, 0.1) is 0 Å². The number of pyridine rings is 1. The number of hydrogen-bond donors (Lipinski definition) is 1. The minimum absolute atomic E-state index is 0.264. The Hall–Kier alpha value is -3.57. The van der Waals surface area contributed by atoms with Crippen molar-refractivity contribution in [3.63, 3.8) is 0 Å². The third-order valence-corrected chi connectivity index (χ3v) is 6.06. The normalized spacial score (nSPS) is 12.3. The summed E-state index contributed by atoms with van der Waals surface area (Å²) in [6.07, 6.45) is 3.85. The number of carboxylic acids is 1. The van der Waals surface area contributed by atoms with Gasteiger partial charge in [-0.1, -0.05) is 60.7 Å². The Morgan fingerprint density at radius 2 is 1.47 bits per heavy atom. The minimum Gasteiger partial charge on any atom is -0.478 e. The van der Waals surface area contributed by atoms with Crippen molar-refractivity contribution in [1.82, 2.24) is 4.98 Å². The Bertz CT molecular complexity index is 1250. The zero-order chi connectivity index (χ0) is 20.9. The second-order valence-corrected chi connectivity index (χ2v) is 8.27. The highest BCUT2D eigenvalue weighted by atomic mass is 32.2. The van der Waals surface area contributed by atoms with E-state index in [9.17, 15) is 9.00 Å². The summed E-state index contributed by atoms with van der Waals surface area (Å²) in [7, 11) is -1.17. The summed E-state index contributed by atoms with van der Waals surface area (Å²) in [5.74, 6) is -0.566. The van der Waals surface area contributed by atoms with Gasteiger partial charge >= 0.3 is 5.97 Å². The Balaban J connectivity index is 1.43. The second-order valence-electron chi connectivity index (χ2n) is 6.81. The summed E-state index contributed by atoms with van der Waals surface area (Å²) in [6, 6.07) is 26.1. The molecule has 0 radical (unpaired) electrons. The van der Waals surface area contributed by atoms with E-state index in [0.29, 0.717) is 5.75 Å². The molecule has 4 aromatic rings. The van der Waals surface area contributed by atoms with E-state index in [4.69, 9.17) is 5.11 Å². The van der Waals surface area contributed by atoms with Crippen LogP contribution in [0.5, 0.6) is 0 Å². The number of fused-ring (bicyclic) bond motifs is 1. The van der Waals surface area contributed by atoms with Crippen molar-refractivity contribution in [3.05, 3.63) is 107 Å². The predicted octanol–water partition coefficient (Wildman–Crippen LogP) is 5.41. The fourth-order valence-corrected chi connectivity index (χ4v) is 4.10. The monoisotopic (exact) mass is 413 g/mol. The summed E-state index contributed by atoms with van der Waals surface area (Å²) in [5, 5.41) is 10.0. The average molecular weight is 413 g/mol. The lowest BCUT2D eigenvalue weighted by Crippen LogP contribution is -1.99. The highest BCUT2D eigenvalue weighted by Gasteiger charge is 2.07. The van der Waals surface area contributed by atoms with E-state index in [2.05, 4.69) is 4.98 Å². The molecule has 30 heavy (non-hydrogen) atoms. The highest BCUT2D eigenvalue weighted by Crippen LogP contribution is 2.17. The zero-order valence-electron chi connectivity index (χ0n) is 16.1. The van der Waals surface area contributed by atoms with E-state index in [1.165, 1.54) is 0 Å². The van der Waals surface area contributed by atoms with Crippen LogP contribution in [0.2, 0.25) is 0 Å². The summed E-state index contributed by atoms with van der Waals surface area (Å²) >= 11 is 0. The first-order valence-electron chi connectivity index (χ1n) is 9.43. The van der Waals surface area contributed by atoms with Crippen LogP contribution in [0.3, 0.4) is 0 Å². The van der Waals surface area contributed by atoms with Crippen LogP contribution in [0.4, 0.5) is 0 Å². The number of para-hydroxylation sites is 1. The lowest BCUT2D eigenvalue weighted by molar-refractivity contribution is 0.0697. The van der Waals surface area contributed by atoms with Gasteiger partial charge in [-0.2, -0.15) is 0 Å². The van der Waals surface area contributed by atoms with Crippen LogP contribution in [0.1, 0.15) is 27.2 Å². The van der Waals surface area contributed by atoms with Gasteiger partial charge in [0, 0.05) is 10.3 Å². The molecule has 0 spiro atoms. The first kappa shape index (κ1) is 19.7. The quantitative estimate of drug-likeness (QED) is 0.429. The molecule has 0 aliphatic heterocycles. The number of carbonyl (C=O) groups is 1. The van der Waals surface area contributed by atoms with Crippen molar-refractivity contribution in [2.45, 2.75) is 10.6 Å². The molecule has 0 bridgehead atoms. The first-order valence-corrected chi connectivity index (χ1v) is 10.7. The fraction of sp³-hybridized carbons (Fsp3) is 0.0400. The second kappa shape index (κ2) is 8.84. The smallest absolute Gasteiger partial charge is 0.335 e. The number of benzene rings is 3. The number of hydrogen-bond acceptors (Lipinski definition) is 3. The van der Waals surface area contributed by atoms with Crippen LogP contribution in [0.25, 0.3) is 23.1 Å². The minimum atomic E-state index is -1.17. The van der Waals surface area contributed by atoms with Crippen LogP contribution in [-0.4, -0.2) is 20.3 Å². The number of aromatic nitrogens is 1. The van der Waals surface area contributed by atoms with Crippen molar-refractivity contribution in [2.75, 3.05) is 0 Å². The number of aromatic carboxylic acids is 1. The molecule has 1 atom stereocenters. The third kappa shape index (κ3) is 4.70. The lowest BCUT2D eigenvalue weighted by Gasteiger charge is -2.05. The molecule has 1 unspecified atom stereocenters. The molecule has 0 amide bonds. The Labute approximate surface area is 177 Å². The summed E-state index contributed by atoms with van der Waals surface area (Å²) in [4.78, 5) is 16.3. The van der Waals surface area contributed by atoms with Gasteiger partial charge in [0.1, 0.15) is 0 Å². The van der Waals surface area contributed by atoms with Crippen molar-refractivity contribution in [1.29, 1.82) is 0 Å². The molecule has 1 N–H and O–H groups in total. The number of carboxylic acid groups (broad SMARTS) is 1. The maximum absolute atomic E-state index is 12.7. The Kier molecular flexibility index (Phi) is 5.82. The van der Waals surface area contributed by atoms with Gasteiger partial charge in [0.25, 0.3) is 0 Å². The van der Waals surface area contributed by atoms with Crippen molar-refractivity contribution in [3.8, 4) is 0 Å². The van der Waals surface area contributed by atoms with E-state index in [0.717, 1.165) is 32.6 Å². The standard InChI is InChI=1S/C25H19NO3S/c27-25(28)21-11-7-18(8-12-21)5-6-19-9-15-23(16-10-19)30(29)17-22-14-13-20-3-1-2-4-24(20)26-22/h1-16H,17H2,(H,27,28). The molecule has 0 aliphatic rings. The van der Waals surface area contributed by atoms with E-state index < -0.39 is 16.8 Å². The average Bonchev–Trinajstić information content (AvgIpc) is 2.78. The topological polar surface area (TPSA) is 67.3 Å². The molecule has 4 nitrogen and oxygen atoms in total. The molecule has 5 heteroatoms. The van der Waals surface area contributed by atoms with Gasteiger partial charge in [-0.05, 0) is 47.5 Å². The maximum atomic E-state index is 12.7. The molecule has 4 rings (SSSR count). The van der Waals surface area contributed by atoms with E-state index in [1.54, 1.807) is 24.3 Å². The summed E-state index contributed by atoms with van der Waals surface area (Å²) in [5.41, 5.74) is 3.86. The van der Waals surface area contributed by atoms with Gasteiger partial charge in [-0.15, -0.1) is 0 Å². The Morgan fingerprint density at radius 3 is 2.13 bits per heavy atom. The number of rotatable bonds is 6. The highest BCUT2D eigenvalue weighted by molar-refractivity contribution is 7.84. The van der Waals surface area contributed by atoms with Gasteiger partial charge in [0.2, 0.25) is 0 Å². The molecule has 148 valence electrons. The lowest BCUT2D eigenvalue weighted by atomic mass is 10.1. The molecule has 0 saturated heterocycles. The maximum Gasteiger partial charge on any atom is 0.335 e. The van der Waals surface area contributed by atoms with E-state index in [-0.39, 0.29) is 5.56 Å².